The minimum Gasteiger partial charge on any atom is -0.488 e. The maximum atomic E-state index is 13.9. The Balaban J connectivity index is 2.13. The Bertz CT molecular complexity index is 628. The summed E-state index contributed by atoms with van der Waals surface area (Å²) < 4.78 is 32.9. The van der Waals surface area contributed by atoms with Crippen molar-refractivity contribution in [1.29, 1.82) is 0 Å². The number of ether oxygens (including phenoxy) is 1. The molecule has 19 heavy (non-hydrogen) atoms. The van der Waals surface area contributed by atoms with Crippen molar-refractivity contribution < 1.29 is 13.5 Å². The summed E-state index contributed by atoms with van der Waals surface area (Å²) in [6.07, 6.45) is 0.615. The van der Waals surface area contributed by atoms with Gasteiger partial charge < -0.3 is 10.5 Å². The molecule has 1 heterocycles. The molecular formula is C15H13F2NO. The van der Waals surface area contributed by atoms with E-state index in [4.69, 9.17) is 10.5 Å². The molecule has 0 bridgehead atoms. The lowest BCUT2D eigenvalue weighted by molar-refractivity contribution is 0.242. The number of rotatable bonds is 2. The van der Waals surface area contributed by atoms with Crippen molar-refractivity contribution in [3.05, 3.63) is 53.6 Å². The van der Waals surface area contributed by atoms with Crippen LogP contribution in [0.3, 0.4) is 0 Å². The monoisotopic (exact) mass is 261 g/mol. The number of benzene rings is 2. The highest BCUT2D eigenvalue weighted by molar-refractivity contribution is 5.73. The van der Waals surface area contributed by atoms with Crippen molar-refractivity contribution >= 4 is 0 Å². The van der Waals surface area contributed by atoms with Gasteiger partial charge in [0.1, 0.15) is 11.9 Å². The van der Waals surface area contributed by atoms with Gasteiger partial charge >= 0.3 is 0 Å². The summed E-state index contributed by atoms with van der Waals surface area (Å²) in [6, 6.07) is 9.61. The number of hydrogen-bond acceptors (Lipinski definition) is 2. The van der Waals surface area contributed by atoms with E-state index in [2.05, 4.69) is 0 Å². The average molecular weight is 261 g/mol. The topological polar surface area (TPSA) is 35.2 Å². The van der Waals surface area contributed by atoms with E-state index in [9.17, 15) is 8.78 Å². The molecule has 0 fully saturated rings. The number of hydrogen-bond donors (Lipinski definition) is 1. The molecular weight excluding hydrogens is 248 g/mol. The summed E-state index contributed by atoms with van der Waals surface area (Å²) in [6.45, 7) is 0.403. The zero-order valence-corrected chi connectivity index (χ0v) is 10.2. The lowest BCUT2D eigenvalue weighted by Gasteiger charge is -2.11. The van der Waals surface area contributed by atoms with E-state index in [0.717, 1.165) is 11.6 Å². The molecule has 98 valence electrons. The quantitative estimate of drug-likeness (QED) is 0.902. The van der Waals surface area contributed by atoms with Gasteiger partial charge in [-0.3, -0.25) is 0 Å². The highest BCUT2D eigenvalue weighted by Gasteiger charge is 2.25. The Labute approximate surface area is 109 Å². The molecule has 2 N–H and O–H groups in total. The van der Waals surface area contributed by atoms with Crippen LogP contribution in [-0.2, 0) is 6.42 Å². The molecule has 3 rings (SSSR count). The molecule has 0 amide bonds. The first-order valence-corrected chi connectivity index (χ1v) is 6.13. The average Bonchev–Trinajstić information content (AvgIpc) is 2.85. The van der Waals surface area contributed by atoms with Crippen molar-refractivity contribution in [2.75, 3.05) is 6.54 Å². The van der Waals surface area contributed by atoms with Crippen LogP contribution in [0.4, 0.5) is 8.78 Å². The number of fused-ring (bicyclic) bond motifs is 1. The van der Waals surface area contributed by atoms with Gasteiger partial charge in [0, 0.05) is 24.1 Å². The van der Waals surface area contributed by atoms with Crippen LogP contribution in [-0.4, -0.2) is 12.6 Å². The summed E-state index contributed by atoms with van der Waals surface area (Å²) in [5, 5.41) is 0. The van der Waals surface area contributed by atoms with Crippen LogP contribution in [0.15, 0.2) is 36.4 Å². The SMILES string of the molecule is NC[C@@H]1Cc2cccc(-c3cccc(F)c3F)c2O1. The number of halogens is 2. The van der Waals surface area contributed by atoms with Crippen LogP contribution in [0.1, 0.15) is 5.56 Å². The van der Waals surface area contributed by atoms with Gasteiger partial charge in [-0.15, -0.1) is 0 Å². The van der Waals surface area contributed by atoms with Crippen molar-refractivity contribution in [2.24, 2.45) is 5.73 Å². The first-order chi connectivity index (χ1) is 9.20. The molecule has 0 saturated carbocycles. The van der Waals surface area contributed by atoms with E-state index in [1.54, 1.807) is 12.1 Å². The van der Waals surface area contributed by atoms with Gasteiger partial charge in [0.2, 0.25) is 0 Å². The van der Waals surface area contributed by atoms with Crippen molar-refractivity contribution in [3.8, 4) is 16.9 Å². The predicted molar refractivity (Wildman–Crippen MR) is 69.0 cm³/mol. The maximum Gasteiger partial charge on any atom is 0.166 e. The maximum absolute atomic E-state index is 13.9. The molecule has 1 aliphatic heterocycles. The van der Waals surface area contributed by atoms with Crippen molar-refractivity contribution in [1.82, 2.24) is 0 Å². The van der Waals surface area contributed by atoms with Crippen LogP contribution < -0.4 is 10.5 Å². The summed E-state index contributed by atoms with van der Waals surface area (Å²) >= 11 is 0. The van der Waals surface area contributed by atoms with Gasteiger partial charge in [-0.2, -0.15) is 0 Å². The molecule has 2 aromatic carbocycles. The molecule has 0 aliphatic carbocycles. The highest BCUT2D eigenvalue weighted by Crippen LogP contribution is 2.39. The van der Waals surface area contributed by atoms with Gasteiger partial charge in [-0.05, 0) is 11.6 Å². The molecule has 0 radical (unpaired) electrons. The smallest absolute Gasteiger partial charge is 0.166 e. The van der Waals surface area contributed by atoms with Gasteiger partial charge in [-0.25, -0.2) is 8.78 Å². The van der Waals surface area contributed by atoms with E-state index in [0.29, 0.717) is 24.3 Å². The lowest BCUT2D eigenvalue weighted by Crippen LogP contribution is -2.24. The Morgan fingerprint density at radius 1 is 1.11 bits per heavy atom. The summed E-state index contributed by atoms with van der Waals surface area (Å²) in [7, 11) is 0. The minimum atomic E-state index is -0.858. The molecule has 0 aromatic heterocycles. The summed E-state index contributed by atoms with van der Waals surface area (Å²) in [4.78, 5) is 0. The van der Waals surface area contributed by atoms with Crippen LogP contribution in [0.25, 0.3) is 11.1 Å². The lowest BCUT2D eigenvalue weighted by atomic mass is 10.00. The van der Waals surface area contributed by atoms with E-state index in [-0.39, 0.29) is 11.7 Å². The van der Waals surface area contributed by atoms with Gasteiger partial charge in [0.15, 0.2) is 11.6 Å². The minimum absolute atomic E-state index is 0.0900. The molecule has 2 aromatic rings. The third-order valence-electron chi connectivity index (χ3n) is 3.33. The largest absolute Gasteiger partial charge is 0.488 e. The Hall–Kier alpha value is -1.94. The zero-order chi connectivity index (χ0) is 13.4. The van der Waals surface area contributed by atoms with Crippen LogP contribution in [0, 0.1) is 11.6 Å². The van der Waals surface area contributed by atoms with Crippen molar-refractivity contribution in [3.63, 3.8) is 0 Å². The molecule has 1 aliphatic rings. The molecule has 0 unspecified atom stereocenters. The van der Waals surface area contributed by atoms with Crippen LogP contribution in [0.2, 0.25) is 0 Å². The predicted octanol–water partition coefficient (Wildman–Crippen LogP) is 2.89. The Kier molecular flexibility index (Phi) is 2.95. The second kappa shape index (κ2) is 4.63. The zero-order valence-electron chi connectivity index (χ0n) is 10.2. The van der Waals surface area contributed by atoms with E-state index < -0.39 is 11.6 Å². The van der Waals surface area contributed by atoms with E-state index in [1.165, 1.54) is 6.07 Å². The standard InChI is InChI=1S/C15H13F2NO/c16-13-6-2-4-11(14(13)17)12-5-1-3-9-7-10(8-18)19-15(9)12/h1-6,10H,7-8,18H2/t10-/m0/s1. The molecule has 4 heteroatoms. The fraction of sp³-hybridized carbons (Fsp3) is 0.200. The van der Waals surface area contributed by atoms with Gasteiger partial charge in [0.25, 0.3) is 0 Å². The molecule has 0 saturated heterocycles. The van der Waals surface area contributed by atoms with E-state index in [1.807, 2.05) is 12.1 Å². The van der Waals surface area contributed by atoms with Gasteiger partial charge in [0.05, 0.1) is 0 Å². The summed E-state index contributed by atoms with van der Waals surface area (Å²) in [5.74, 6) is -1.10. The van der Waals surface area contributed by atoms with Crippen LogP contribution in [0.5, 0.6) is 5.75 Å². The highest BCUT2D eigenvalue weighted by atomic mass is 19.2. The fourth-order valence-electron chi connectivity index (χ4n) is 2.39. The van der Waals surface area contributed by atoms with Crippen LogP contribution >= 0.6 is 0 Å². The molecule has 0 spiro atoms. The summed E-state index contributed by atoms with van der Waals surface area (Å²) in [5.41, 5.74) is 7.37. The number of nitrogens with two attached hydrogens (primary N) is 1. The first-order valence-electron chi connectivity index (χ1n) is 6.13. The first kappa shape index (κ1) is 12.1. The van der Waals surface area contributed by atoms with Gasteiger partial charge in [-0.1, -0.05) is 30.3 Å². The van der Waals surface area contributed by atoms with Crippen molar-refractivity contribution in [2.45, 2.75) is 12.5 Å². The fourth-order valence-corrected chi connectivity index (χ4v) is 2.39. The molecule has 2 nitrogen and oxygen atoms in total. The normalized spacial score (nSPS) is 17.1. The Morgan fingerprint density at radius 2 is 1.84 bits per heavy atom. The number of para-hydroxylation sites is 1. The third-order valence-corrected chi connectivity index (χ3v) is 3.33. The second-order valence-corrected chi connectivity index (χ2v) is 4.57. The molecule has 1 atom stereocenters. The van der Waals surface area contributed by atoms with E-state index >= 15 is 0 Å². The second-order valence-electron chi connectivity index (χ2n) is 4.57. The Morgan fingerprint density at radius 3 is 2.63 bits per heavy atom. The third kappa shape index (κ3) is 1.98.